The lowest BCUT2D eigenvalue weighted by Crippen LogP contribution is -2.33. The standard InChI is InChI=1S/C27H38O6/c1-17(11-13-22-18(2)9-7-15-27(22,4)5)8-6-10-20-12-14-23(32-25(20)30)21-16-24(29)33-26(21)31-19(3)28/h8,12,16,23,25-26,30H,6-7,9-11,13-15H2,1-5H3/b17-8+/t23-,25?,26?/m1/s1. The van der Waals surface area contributed by atoms with Crippen LogP contribution in [0, 0.1) is 5.41 Å². The molecule has 33 heavy (non-hydrogen) atoms. The molecule has 0 saturated carbocycles. The van der Waals surface area contributed by atoms with Gasteiger partial charge in [0.1, 0.15) is 0 Å². The minimum absolute atomic E-state index is 0.312. The second kappa shape index (κ2) is 10.8. The highest BCUT2D eigenvalue weighted by Crippen LogP contribution is 2.42. The van der Waals surface area contributed by atoms with E-state index in [2.05, 4.69) is 33.8 Å². The smallest absolute Gasteiger partial charge is 0.334 e. The van der Waals surface area contributed by atoms with Crippen molar-refractivity contribution in [1.82, 2.24) is 0 Å². The molecule has 0 amide bonds. The summed E-state index contributed by atoms with van der Waals surface area (Å²) in [5.74, 6) is -1.12. The molecule has 3 aliphatic rings. The van der Waals surface area contributed by atoms with E-state index < -0.39 is 30.6 Å². The minimum Gasteiger partial charge on any atom is -0.421 e. The first-order valence-corrected chi connectivity index (χ1v) is 12.0. The quantitative estimate of drug-likeness (QED) is 0.386. The lowest BCUT2D eigenvalue weighted by atomic mass is 9.71. The number of aliphatic hydroxyl groups excluding tert-OH is 1. The molecule has 2 unspecified atom stereocenters. The highest BCUT2D eigenvalue weighted by atomic mass is 16.7. The van der Waals surface area contributed by atoms with Gasteiger partial charge in [-0.15, -0.1) is 0 Å². The summed E-state index contributed by atoms with van der Waals surface area (Å²) in [6, 6.07) is 0. The summed E-state index contributed by atoms with van der Waals surface area (Å²) >= 11 is 0. The average molecular weight is 459 g/mol. The first-order valence-electron chi connectivity index (χ1n) is 12.0. The number of cyclic esters (lactones) is 1. The molecule has 6 heteroatoms. The van der Waals surface area contributed by atoms with Gasteiger partial charge < -0.3 is 19.3 Å². The Morgan fingerprint density at radius 3 is 2.73 bits per heavy atom. The lowest BCUT2D eigenvalue weighted by Gasteiger charge is -2.35. The van der Waals surface area contributed by atoms with Crippen LogP contribution in [0.1, 0.15) is 86.0 Å². The molecule has 0 bridgehead atoms. The Morgan fingerprint density at radius 1 is 1.30 bits per heavy atom. The molecule has 1 aliphatic carbocycles. The zero-order valence-corrected chi connectivity index (χ0v) is 20.6. The molecule has 1 N–H and O–H groups in total. The van der Waals surface area contributed by atoms with Gasteiger partial charge >= 0.3 is 11.9 Å². The van der Waals surface area contributed by atoms with Crippen LogP contribution in [0.2, 0.25) is 0 Å². The number of carbonyl (C=O) groups excluding carboxylic acids is 2. The summed E-state index contributed by atoms with van der Waals surface area (Å²) in [5.41, 5.74) is 6.14. The Bertz CT molecular complexity index is 888. The van der Waals surface area contributed by atoms with Crippen molar-refractivity contribution in [3.8, 4) is 0 Å². The number of ether oxygens (including phenoxy) is 3. The van der Waals surface area contributed by atoms with Crippen LogP contribution in [-0.2, 0) is 23.8 Å². The number of esters is 2. The third kappa shape index (κ3) is 6.67. The maximum absolute atomic E-state index is 11.6. The molecule has 182 valence electrons. The van der Waals surface area contributed by atoms with Crippen molar-refractivity contribution in [3.05, 3.63) is 46.1 Å². The third-order valence-corrected chi connectivity index (χ3v) is 7.01. The van der Waals surface area contributed by atoms with E-state index in [0.717, 1.165) is 24.8 Å². The molecule has 0 fully saturated rings. The van der Waals surface area contributed by atoms with Crippen LogP contribution in [0.15, 0.2) is 46.1 Å². The number of hydrogen-bond acceptors (Lipinski definition) is 6. The van der Waals surface area contributed by atoms with Crippen LogP contribution >= 0.6 is 0 Å². The predicted octanol–water partition coefficient (Wildman–Crippen LogP) is 5.43. The molecule has 0 aromatic carbocycles. The van der Waals surface area contributed by atoms with E-state index in [0.29, 0.717) is 23.8 Å². The predicted molar refractivity (Wildman–Crippen MR) is 126 cm³/mol. The third-order valence-electron chi connectivity index (χ3n) is 7.01. The molecule has 3 rings (SSSR count). The Hall–Kier alpha value is -2.18. The summed E-state index contributed by atoms with van der Waals surface area (Å²) in [6.07, 6.45) is 10.8. The second-order valence-corrected chi connectivity index (χ2v) is 10.1. The van der Waals surface area contributed by atoms with Gasteiger partial charge in [-0.2, -0.15) is 0 Å². The molecule has 3 atom stereocenters. The summed E-state index contributed by atoms with van der Waals surface area (Å²) in [7, 11) is 0. The van der Waals surface area contributed by atoms with Crippen molar-refractivity contribution >= 4 is 11.9 Å². The molecule has 0 spiro atoms. The van der Waals surface area contributed by atoms with Crippen LogP contribution in [0.3, 0.4) is 0 Å². The number of allylic oxidation sites excluding steroid dienone is 4. The monoisotopic (exact) mass is 458 g/mol. The lowest BCUT2D eigenvalue weighted by molar-refractivity contribution is -0.176. The van der Waals surface area contributed by atoms with Crippen LogP contribution in [0.25, 0.3) is 0 Å². The molecule has 0 radical (unpaired) electrons. The van der Waals surface area contributed by atoms with Gasteiger partial charge in [0.05, 0.1) is 6.10 Å². The maximum Gasteiger partial charge on any atom is 0.334 e. The first kappa shape index (κ1) is 25.4. The van der Waals surface area contributed by atoms with Gasteiger partial charge in [0.2, 0.25) is 0 Å². The van der Waals surface area contributed by atoms with Gasteiger partial charge in [-0.3, -0.25) is 4.79 Å². The number of hydrogen-bond donors (Lipinski definition) is 1. The molecular weight excluding hydrogens is 420 g/mol. The van der Waals surface area contributed by atoms with Crippen molar-refractivity contribution in [3.63, 3.8) is 0 Å². The Balaban J connectivity index is 1.51. The molecular formula is C27H38O6. The summed E-state index contributed by atoms with van der Waals surface area (Å²) in [4.78, 5) is 22.9. The van der Waals surface area contributed by atoms with Gasteiger partial charge in [-0.05, 0) is 76.2 Å². The van der Waals surface area contributed by atoms with Gasteiger partial charge in [0.15, 0.2) is 6.29 Å². The summed E-state index contributed by atoms with van der Waals surface area (Å²) in [6.45, 7) is 10.5. The fraction of sp³-hybridized carbons (Fsp3) is 0.630. The van der Waals surface area contributed by atoms with Crippen molar-refractivity contribution < 1.29 is 28.9 Å². The van der Waals surface area contributed by atoms with Gasteiger partial charge in [-0.25, -0.2) is 4.79 Å². The molecule has 6 nitrogen and oxygen atoms in total. The van der Waals surface area contributed by atoms with Crippen LogP contribution in [0.4, 0.5) is 0 Å². The average Bonchev–Trinajstić information content (AvgIpc) is 3.07. The van der Waals surface area contributed by atoms with E-state index in [1.807, 2.05) is 6.08 Å². The summed E-state index contributed by atoms with van der Waals surface area (Å²) < 4.78 is 15.8. The van der Waals surface area contributed by atoms with Crippen LogP contribution in [-0.4, -0.2) is 35.7 Å². The topological polar surface area (TPSA) is 82.1 Å². The van der Waals surface area contributed by atoms with Gasteiger partial charge in [-0.1, -0.05) is 42.7 Å². The highest BCUT2D eigenvalue weighted by molar-refractivity contribution is 5.86. The molecule has 0 aromatic rings. The van der Waals surface area contributed by atoms with Crippen molar-refractivity contribution in [2.45, 2.75) is 105 Å². The molecule has 0 saturated heterocycles. The van der Waals surface area contributed by atoms with E-state index in [4.69, 9.17) is 14.2 Å². The van der Waals surface area contributed by atoms with Crippen molar-refractivity contribution in [2.24, 2.45) is 5.41 Å². The Kier molecular flexibility index (Phi) is 8.35. The zero-order chi connectivity index (χ0) is 24.2. The zero-order valence-electron chi connectivity index (χ0n) is 20.6. The Morgan fingerprint density at radius 2 is 2.06 bits per heavy atom. The maximum atomic E-state index is 11.6. The van der Waals surface area contributed by atoms with E-state index in [1.165, 1.54) is 37.8 Å². The van der Waals surface area contributed by atoms with Crippen molar-refractivity contribution in [2.75, 3.05) is 0 Å². The Labute approximate surface area is 197 Å². The normalized spacial score (nSPS) is 27.8. The van der Waals surface area contributed by atoms with Crippen molar-refractivity contribution in [1.29, 1.82) is 0 Å². The van der Waals surface area contributed by atoms with Gasteiger partial charge in [0, 0.05) is 18.6 Å². The van der Waals surface area contributed by atoms with E-state index in [-0.39, 0.29) is 0 Å². The van der Waals surface area contributed by atoms with Crippen LogP contribution < -0.4 is 0 Å². The fourth-order valence-electron chi connectivity index (χ4n) is 5.13. The first-order chi connectivity index (χ1) is 15.6. The summed E-state index contributed by atoms with van der Waals surface area (Å²) in [5, 5.41) is 10.5. The van der Waals surface area contributed by atoms with E-state index in [1.54, 1.807) is 11.1 Å². The minimum atomic E-state index is -1.08. The largest absolute Gasteiger partial charge is 0.421 e. The number of aliphatic hydroxyl groups is 1. The van der Waals surface area contributed by atoms with Crippen LogP contribution in [0.5, 0.6) is 0 Å². The second-order valence-electron chi connectivity index (χ2n) is 10.1. The van der Waals surface area contributed by atoms with E-state index in [9.17, 15) is 14.7 Å². The molecule has 2 heterocycles. The number of carbonyl (C=O) groups is 2. The molecule has 0 aromatic heterocycles. The molecule has 2 aliphatic heterocycles. The number of rotatable bonds is 8. The fourth-order valence-corrected chi connectivity index (χ4v) is 5.13. The van der Waals surface area contributed by atoms with Gasteiger partial charge in [0.25, 0.3) is 6.29 Å². The highest BCUT2D eigenvalue weighted by Gasteiger charge is 2.37. The van der Waals surface area contributed by atoms with E-state index >= 15 is 0 Å². The SMILES string of the molecule is CC(=O)OC1OC(=O)C=C1[C@H]1CC=C(CC/C=C(\C)CCC2=C(C)CCCC2(C)C)C(O)O1.